The molecular weight excluding hydrogens is 540 g/mol. The molecule has 1 aliphatic heterocycles. The summed E-state index contributed by atoms with van der Waals surface area (Å²) in [6, 6.07) is 40.5. The van der Waals surface area contributed by atoms with Crippen LogP contribution in [0.4, 0.5) is 0 Å². The fraction of sp³-hybridized carbons (Fsp3) is 0.351. The summed E-state index contributed by atoms with van der Waals surface area (Å²) in [5.74, 6) is 0. The average Bonchev–Trinajstić information content (AvgIpc) is 3.04. The molecule has 6 heteroatoms. The van der Waals surface area contributed by atoms with Gasteiger partial charge in [-0.15, -0.1) is 0 Å². The standard InChI is InChI=1S/C37H42O6/c1-28(2)42-37-36(41-26-32-21-13-6-14-22-32)35(40-25-31-19-11-5-12-20-31)34(39-24-30-17-9-4-10-18-30)33(43-37)27-38-23-29-15-7-3-8-16-29/h3-22,28,33-37H,23-27H2,1-2H3/t33-,34-,35+,36+,37-/m1/s1. The van der Waals surface area contributed by atoms with E-state index in [1.54, 1.807) is 0 Å². The third-order valence-electron chi connectivity index (χ3n) is 7.25. The van der Waals surface area contributed by atoms with Gasteiger partial charge in [0.05, 0.1) is 39.1 Å². The minimum Gasteiger partial charge on any atom is -0.374 e. The van der Waals surface area contributed by atoms with E-state index in [4.69, 9.17) is 28.4 Å². The summed E-state index contributed by atoms with van der Waals surface area (Å²) in [5, 5.41) is 0. The fourth-order valence-electron chi connectivity index (χ4n) is 5.12. The highest BCUT2D eigenvalue weighted by molar-refractivity contribution is 5.16. The lowest BCUT2D eigenvalue weighted by Crippen LogP contribution is -2.62. The molecule has 0 aromatic heterocycles. The molecule has 0 spiro atoms. The maximum absolute atomic E-state index is 6.71. The van der Waals surface area contributed by atoms with Gasteiger partial charge in [-0.05, 0) is 36.1 Å². The first-order valence-electron chi connectivity index (χ1n) is 15.0. The van der Waals surface area contributed by atoms with Crippen LogP contribution in [-0.4, -0.2) is 43.4 Å². The van der Waals surface area contributed by atoms with Crippen molar-refractivity contribution in [2.45, 2.75) is 77.1 Å². The zero-order valence-electron chi connectivity index (χ0n) is 25.0. The molecule has 0 radical (unpaired) electrons. The van der Waals surface area contributed by atoms with Crippen LogP contribution < -0.4 is 0 Å². The van der Waals surface area contributed by atoms with E-state index in [9.17, 15) is 0 Å². The second-order valence-electron chi connectivity index (χ2n) is 11.0. The molecule has 4 aromatic rings. The highest BCUT2D eigenvalue weighted by Crippen LogP contribution is 2.32. The van der Waals surface area contributed by atoms with Crippen LogP contribution in [0.15, 0.2) is 121 Å². The van der Waals surface area contributed by atoms with Gasteiger partial charge in [0.25, 0.3) is 0 Å². The Morgan fingerprint density at radius 3 is 1.35 bits per heavy atom. The summed E-state index contributed by atoms with van der Waals surface area (Å²) in [4.78, 5) is 0. The molecule has 1 aliphatic rings. The number of rotatable bonds is 15. The molecule has 0 N–H and O–H groups in total. The first-order valence-corrected chi connectivity index (χ1v) is 15.0. The Morgan fingerprint density at radius 1 is 0.512 bits per heavy atom. The molecule has 1 saturated heterocycles. The second kappa shape index (κ2) is 16.5. The van der Waals surface area contributed by atoms with Gasteiger partial charge < -0.3 is 28.4 Å². The lowest BCUT2D eigenvalue weighted by atomic mass is 9.97. The van der Waals surface area contributed by atoms with Gasteiger partial charge in [0, 0.05) is 0 Å². The maximum atomic E-state index is 6.71. The summed E-state index contributed by atoms with van der Waals surface area (Å²) >= 11 is 0. The van der Waals surface area contributed by atoms with Gasteiger partial charge in [-0.1, -0.05) is 121 Å². The van der Waals surface area contributed by atoms with E-state index in [-0.39, 0.29) is 6.10 Å². The predicted octanol–water partition coefficient (Wildman–Crippen LogP) is 7.11. The van der Waals surface area contributed by atoms with Crippen LogP contribution in [0.2, 0.25) is 0 Å². The summed E-state index contributed by atoms with van der Waals surface area (Å²) in [5.41, 5.74) is 4.28. The van der Waals surface area contributed by atoms with Crippen LogP contribution >= 0.6 is 0 Å². The van der Waals surface area contributed by atoms with Crippen molar-refractivity contribution in [1.82, 2.24) is 0 Å². The summed E-state index contributed by atoms with van der Waals surface area (Å²) < 4.78 is 39.2. The molecule has 1 fully saturated rings. The van der Waals surface area contributed by atoms with Crippen LogP contribution in [0, 0.1) is 0 Å². The SMILES string of the molecule is CC(C)O[C@@H]1O[C@H](COCc2ccccc2)[C@@H](OCc2ccccc2)[C@H](OCc2ccccc2)[C@@H]1OCc1ccccc1. The van der Waals surface area contributed by atoms with Crippen LogP contribution in [0.5, 0.6) is 0 Å². The van der Waals surface area contributed by atoms with Crippen LogP contribution in [0.3, 0.4) is 0 Å². The average molecular weight is 583 g/mol. The van der Waals surface area contributed by atoms with Crippen LogP contribution in [-0.2, 0) is 54.8 Å². The minimum absolute atomic E-state index is 0.0877. The van der Waals surface area contributed by atoms with Crippen molar-refractivity contribution in [3.8, 4) is 0 Å². The lowest BCUT2D eigenvalue weighted by molar-refractivity contribution is -0.334. The van der Waals surface area contributed by atoms with Crippen LogP contribution in [0.25, 0.3) is 0 Å². The summed E-state index contributed by atoms with van der Waals surface area (Å²) in [6.45, 7) is 5.95. The Hall–Kier alpha value is -3.36. The summed E-state index contributed by atoms with van der Waals surface area (Å²) in [6.07, 6.45) is -2.73. The molecule has 0 bridgehead atoms. The van der Waals surface area contributed by atoms with Gasteiger partial charge in [-0.2, -0.15) is 0 Å². The highest BCUT2D eigenvalue weighted by Gasteiger charge is 2.49. The third-order valence-corrected chi connectivity index (χ3v) is 7.25. The molecule has 4 aromatic carbocycles. The number of benzene rings is 4. The molecule has 0 unspecified atom stereocenters. The minimum atomic E-state index is -0.675. The van der Waals surface area contributed by atoms with Crippen molar-refractivity contribution in [3.05, 3.63) is 144 Å². The van der Waals surface area contributed by atoms with E-state index in [1.807, 2.05) is 98.8 Å². The Balaban J connectivity index is 1.42. The van der Waals surface area contributed by atoms with Crippen molar-refractivity contribution >= 4 is 0 Å². The second-order valence-corrected chi connectivity index (χ2v) is 11.0. The Bertz CT molecular complexity index is 1300. The largest absolute Gasteiger partial charge is 0.374 e. The first-order chi connectivity index (χ1) is 21.2. The highest BCUT2D eigenvalue weighted by atomic mass is 16.7. The topological polar surface area (TPSA) is 55.4 Å². The van der Waals surface area contributed by atoms with Gasteiger partial charge in [0.15, 0.2) is 6.29 Å². The van der Waals surface area contributed by atoms with E-state index < -0.39 is 30.7 Å². The smallest absolute Gasteiger partial charge is 0.187 e. The Labute approximate surface area is 255 Å². The molecule has 5 rings (SSSR count). The van der Waals surface area contributed by atoms with Crippen molar-refractivity contribution < 1.29 is 28.4 Å². The van der Waals surface area contributed by atoms with Gasteiger partial charge in [-0.25, -0.2) is 0 Å². The quantitative estimate of drug-likeness (QED) is 0.149. The molecule has 5 atom stereocenters. The molecule has 0 saturated carbocycles. The molecule has 226 valence electrons. The van der Waals surface area contributed by atoms with Crippen molar-refractivity contribution in [3.63, 3.8) is 0 Å². The molecule has 6 nitrogen and oxygen atoms in total. The zero-order valence-corrected chi connectivity index (χ0v) is 25.0. The lowest BCUT2D eigenvalue weighted by Gasteiger charge is -2.46. The van der Waals surface area contributed by atoms with Gasteiger partial charge >= 0.3 is 0 Å². The Kier molecular flexibility index (Phi) is 11.9. The fourth-order valence-corrected chi connectivity index (χ4v) is 5.12. The molecular formula is C37H42O6. The molecule has 0 aliphatic carbocycles. The zero-order chi connectivity index (χ0) is 29.7. The first kappa shape index (κ1) is 31.1. The summed E-state index contributed by atoms with van der Waals surface area (Å²) in [7, 11) is 0. The molecule has 43 heavy (non-hydrogen) atoms. The van der Waals surface area contributed by atoms with Crippen molar-refractivity contribution in [1.29, 1.82) is 0 Å². The normalized spacial score (nSPS) is 22.1. The van der Waals surface area contributed by atoms with Crippen molar-refractivity contribution in [2.24, 2.45) is 0 Å². The van der Waals surface area contributed by atoms with E-state index in [1.165, 1.54) is 0 Å². The van der Waals surface area contributed by atoms with Gasteiger partial charge in [0.2, 0.25) is 0 Å². The predicted molar refractivity (Wildman–Crippen MR) is 166 cm³/mol. The monoisotopic (exact) mass is 582 g/mol. The van der Waals surface area contributed by atoms with E-state index in [2.05, 4.69) is 36.4 Å². The van der Waals surface area contributed by atoms with E-state index in [0.29, 0.717) is 33.0 Å². The molecule has 1 heterocycles. The number of hydrogen-bond acceptors (Lipinski definition) is 6. The van der Waals surface area contributed by atoms with Gasteiger partial charge in [-0.3, -0.25) is 0 Å². The van der Waals surface area contributed by atoms with Crippen molar-refractivity contribution in [2.75, 3.05) is 6.61 Å². The van der Waals surface area contributed by atoms with Crippen LogP contribution in [0.1, 0.15) is 36.1 Å². The van der Waals surface area contributed by atoms with E-state index >= 15 is 0 Å². The Morgan fingerprint density at radius 2 is 0.907 bits per heavy atom. The third kappa shape index (κ3) is 9.57. The maximum Gasteiger partial charge on any atom is 0.187 e. The van der Waals surface area contributed by atoms with Gasteiger partial charge in [0.1, 0.15) is 24.4 Å². The van der Waals surface area contributed by atoms with E-state index in [0.717, 1.165) is 22.3 Å². The number of hydrogen-bond donors (Lipinski definition) is 0. The number of ether oxygens (including phenoxy) is 6. The molecule has 0 amide bonds.